The molecule has 18 heavy (non-hydrogen) atoms. The van der Waals surface area contributed by atoms with Gasteiger partial charge in [0.15, 0.2) is 0 Å². The summed E-state index contributed by atoms with van der Waals surface area (Å²) in [6.45, 7) is 1.42. The second-order valence-corrected chi connectivity index (χ2v) is 3.90. The minimum Gasteiger partial charge on any atom is -0.368 e. The minimum atomic E-state index is -0.838. The molecule has 0 aliphatic rings. The van der Waals surface area contributed by atoms with Crippen LogP contribution in [0.15, 0.2) is 24.5 Å². The second kappa shape index (κ2) is 6.48. The normalized spacial score (nSPS) is 11.6. The largest absolute Gasteiger partial charge is 0.368 e. The van der Waals surface area contributed by atoms with Gasteiger partial charge in [-0.1, -0.05) is 0 Å². The van der Waals surface area contributed by atoms with Gasteiger partial charge in [0, 0.05) is 24.4 Å². The Morgan fingerprint density at radius 1 is 1.33 bits per heavy atom. The molecular formula is C12H15N3O3. The predicted molar refractivity (Wildman–Crippen MR) is 64.6 cm³/mol. The molecule has 0 spiro atoms. The van der Waals surface area contributed by atoms with Gasteiger partial charge in [-0.3, -0.25) is 14.6 Å². The Morgan fingerprint density at radius 2 is 1.94 bits per heavy atom. The van der Waals surface area contributed by atoms with Gasteiger partial charge in [0.1, 0.15) is 11.8 Å². The molecule has 6 heteroatoms. The number of Topliss-reactive ketones (excluding diaryl/α,β-unsaturated/α-hetero) is 1. The molecule has 1 heterocycles. The number of nitrogens with zero attached hydrogens (tertiary/aromatic N) is 1. The lowest BCUT2D eigenvalue weighted by Crippen LogP contribution is -2.44. The molecule has 0 aromatic carbocycles. The van der Waals surface area contributed by atoms with Gasteiger partial charge in [-0.15, -0.1) is 0 Å². The zero-order valence-corrected chi connectivity index (χ0v) is 10.1. The Bertz CT molecular complexity index is 445. The highest BCUT2D eigenvalue weighted by molar-refractivity contribution is 5.97. The van der Waals surface area contributed by atoms with E-state index in [1.54, 1.807) is 0 Å². The second-order valence-electron chi connectivity index (χ2n) is 3.90. The molecule has 0 bridgehead atoms. The highest BCUT2D eigenvalue weighted by Gasteiger charge is 2.19. The Kier molecular flexibility index (Phi) is 4.98. The first-order valence-electron chi connectivity index (χ1n) is 5.50. The standard InChI is InChI=1S/C12H15N3O3/c1-8(16)2-3-10(11(13)17)15-12(18)9-4-6-14-7-5-9/h4-7,10H,2-3H2,1H3,(H2,13,17)(H,15,18)/t10-/m1/s1. The van der Waals surface area contributed by atoms with E-state index < -0.39 is 17.9 Å². The number of carbonyl (C=O) groups excluding carboxylic acids is 3. The van der Waals surface area contributed by atoms with Crippen molar-refractivity contribution < 1.29 is 14.4 Å². The summed E-state index contributed by atoms with van der Waals surface area (Å²) in [7, 11) is 0. The van der Waals surface area contributed by atoms with Crippen molar-refractivity contribution in [1.82, 2.24) is 10.3 Å². The van der Waals surface area contributed by atoms with Gasteiger partial charge < -0.3 is 15.8 Å². The number of hydrogen-bond donors (Lipinski definition) is 2. The fourth-order valence-electron chi connectivity index (χ4n) is 1.38. The number of nitrogens with one attached hydrogen (secondary N) is 1. The van der Waals surface area contributed by atoms with Crippen LogP contribution in [0.3, 0.4) is 0 Å². The predicted octanol–water partition coefficient (Wildman–Crippen LogP) is 0.0345. The van der Waals surface area contributed by atoms with Gasteiger partial charge in [-0.05, 0) is 25.5 Å². The third-order valence-electron chi connectivity index (χ3n) is 2.38. The van der Waals surface area contributed by atoms with Crippen LogP contribution in [0.25, 0.3) is 0 Å². The number of primary amides is 1. The van der Waals surface area contributed by atoms with Crippen molar-refractivity contribution in [2.24, 2.45) is 5.73 Å². The number of nitrogens with two attached hydrogens (primary N) is 1. The molecule has 0 aliphatic heterocycles. The molecule has 0 fully saturated rings. The number of pyridine rings is 1. The van der Waals surface area contributed by atoms with Crippen LogP contribution in [0.4, 0.5) is 0 Å². The average Bonchev–Trinajstić information content (AvgIpc) is 2.34. The molecule has 0 saturated carbocycles. The summed E-state index contributed by atoms with van der Waals surface area (Å²) < 4.78 is 0. The van der Waals surface area contributed by atoms with E-state index in [-0.39, 0.29) is 18.6 Å². The first-order valence-corrected chi connectivity index (χ1v) is 5.50. The molecule has 1 aromatic heterocycles. The molecule has 0 unspecified atom stereocenters. The molecule has 1 atom stereocenters. The molecule has 0 aliphatic carbocycles. The van der Waals surface area contributed by atoms with Gasteiger partial charge in [0.2, 0.25) is 5.91 Å². The molecule has 0 radical (unpaired) electrons. The summed E-state index contributed by atoms with van der Waals surface area (Å²) >= 11 is 0. The Labute approximate surface area is 105 Å². The summed E-state index contributed by atoms with van der Waals surface area (Å²) in [5.41, 5.74) is 5.56. The quantitative estimate of drug-likeness (QED) is 0.742. The zero-order valence-electron chi connectivity index (χ0n) is 10.1. The van der Waals surface area contributed by atoms with Crippen LogP contribution >= 0.6 is 0 Å². The number of carbonyl (C=O) groups is 3. The van der Waals surface area contributed by atoms with E-state index in [1.165, 1.54) is 31.5 Å². The Morgan fingerprint density at radius 3 is 2.44 bits per heavy atom. The molecule has 1 aromatic rings. The van der Waals surface area contributed by atoms with Crippen molar-refractivity contribution >= 4 is 17.6 Å². The van der Waals surface area contributed by atoms with E-state index in [0.717, 1.165) is 0 Å². The van der Waals surface area contributed by atoms with Crippen molar-refractivity contribution in [3.63, 3.8) is 0 Å². The smallest absolute Gasteiger partial charge is 0.252 e. The van der Waals surface area contributed by atoms with Gasteiger partial charge >= 0.3 is 0 Å². The van der Waals surface area contributed by atoms with E-state index in [2.05, 4.69) is 10.3 Å². The summed E-state index contributed by atoms with van der Waals surface area (Å²) in [6.07, 6.45) is 3.36. The topological polar surface area (TPSA) is 102 Å². The lowest BCUT2D eigenvalue weighted by atomic mass is 10.1. The maximum Gasteiger partial charge on any atom is 0.252 e. The molecule has 96 valence electrons. The first-order chi connectivity index (χ1) is 8.50. The Hall–Kier alpha value is -2.24. The monoisotopic (exact) mass is 249 g/mol. The van der Waals surface area contributed by atoms with E-state index in [0.29, 0.717) is 5.56 Å². The van der Waals surface area contributed by atoms with E-state index in [9.17, 15) is 14.4 Å². The summed E-state index contributed by atoms with van der Waals surface area (Å²) in [5.74, 6) is -1.12. The third-order valence-corrected chi connectivity index (χ3v) is 2.38. The zero-order chi connectivity index (χ0) is 13.5. The average molecular weight is 249 g/mol. The molecule has 6 nitrogen and oxygen atoms in total. The highest BCUT2D eigenvalue weighted by atomic mass is 16.2. The van der Waals surface area contributed by atoms with E-state index in [4.69, 9.17) is 5.73 Å². The summed E-state index contributed by atoms with van der Waals surface area (Å²) in [6, 6.07) is 2.21. The van der Waals surface area contributed by atoms with Crippen LogP contribution in [0.5, 0.6) is 0 Å². The molecular weight excluding hydrogens is 234 g/mol. The Balaban J connectivity index is 2.64. The van der Waals surface area contributed by atoms with Crippen LogP contribution in [-0.2, 0) is 9.59 Å². The first kappa shape index (κ1) is 13.8. The van der Waals surface area contributed by atoms with Gasteiger partial charge in [-0.2, -0.15) is 0 Å². The van der Waals surface area contributed by atoms with Crippen molar-refractivity contribution in [2.75, 3.05) is 0 Å². The van der Waals surface area contributed by atoms with Crippen molar-refractivity contribution in [1.29, 1.82) is 0 Å². The van der Waals surface area contributed by atoms with Gasteiger partial charge in [-0.25, -0.2) is 0 Å². The lowest BCUT2D eigenvalue weighted by molar-refractivity contribution is -0.120. The number of hydrogen-bond acceptors (Lipinski definition) is 4. The maximum absolute atomic E-state index is 11.8. The van der Waals surface area contributed by atoms with Crippen LogP contribution < -0.4 is 11.1 Å². The van der Waals surface area contributed by atoms with Crippen LogP contribution in [0.2, 0.25) is 0 Å². The maximum atomic E-state index is 11.8. The number of aromatic nitrogens is 1. The SMILES string of the molecule is CC(=O)CC[C@@H](NC(=O)c1ccncc1)C(N)=O. The van der Waals surface area contributed by atoms with Crippen molar-refractivity contribution in [3.05, 3.63) is 30.1 Å². The number of amides is 2. The highest BCUT2D eigenvalue weighted by Crippen LogP contribution is 2.01. The van der Waals surface area contributed by atoms with Gasteiger partial charge in [0.25, 0.3) is 5.91 Å². The fraction of sp³-hybridized carbons (Fsp3) is 0.333. The molecule has 1 rings (SSSR count). The van der Waals surface area contributed by atoms with Crippen LogP contribution in [0.1, 0.15) is 30.1 Å². The van der Waals surface area contributed by atoms with Gasteiger partial charge in [0.05, 0.1) is 0 Å². The van der Waals surface area contributed by atoms with Crippen LogP contribution in [0, 0.1) is 0 Å². The third kappa shape index (κ3) is 4.32. The molecule has 0 saturated heterocycles. The molecule has 3 N–H and O–H groups in total. The number of ketones is 1. The van der Waals surface area contributed by atoms with Crippen molar-refractivity contribution in [3.8, 4) is 0 Å². The summed E-state index contributed by atoms with van der Waals surface area (Å²) in [5, 5.41) is 2.49. The fourth-order valence-corrected chi connectivity index (χ4v) is 1.38. The number of rotatable bonds is 6. The lowest BCUT2D eigenvalue weighted by Gasteiger charge is -2.14. The van der Waals surface area contributed by atoms with E-state index in [1.807, 2.05) is 0 Å². The summed E-state index contributed by atoms with van der Waals surface area (Å²) in [4.78, 5) is 37.6. The molecule has 2 amide bonds. The van der Waals surface area contributed by atoms with Crippen molar-refractivity contribution in [2.45, 2.75) is 25.8 Å². The minimum absolute atomic E-state index is 0.0561. The van der Waals surface area contributed by atoms with Crippen LogP contribution in [-0.4, -0.2) is 28.6 Å². The van der Waals surface area contributed by atoms with E-state index >= 15 is 0 Å².